The van der Waals surface area contributed by atoms with E-state index in [4.69, 9.17) is 9.47 Å². The molecule has 3 N–H and O–H groups in total. The lowest BCUT2D eigenvalue weighted by Gasteiger charge is -2.19. The summed E-state index contributed by atoms with van der Waals surface area (Å²) >= 11 is -1.80. The molecule has 2 heterocycles. The van der Waals surface area contributed by atoms with E-state index in [1.807, 2.05) is 32.0 Å². The van der Waals surface area contributed by atoms with Gasteiger partial charge in [0, 0.05) is 20.6 Å². The molecule has 0 bridgehead atoms. The van der Waals surface area contributed by atoms with Crippen molar-refractivity contribution < 1.29 is 23.6 Å². The van der Waals surface area contributed by atoms with E-state index >= 15 is 0 Å². The van der Waals surface area contributed by atoms with Crippen LogP contribution in [0.25, 0.3) is 0 Å². The second-order valence-electron chi connectivity index (χ2n) is 6.97. The highest BCUT2D eigenvalue weighted by molar-refractivity contribution is 7.83. The Morgan fingerprint density at radius 2 is 1.79 bits per heavy atom. The van der Waals surface area contributed by atoms with Crippen molar-refractivity contribution in [2.45, 2.75) is 20.4 Å². The Morgan fingerprint density at radius 1 is 1.09 bits per heavy atom. The number of phenols is 1. The fraction of sp³-hybridized carbons (Fsp3) is 0.318. The Kier molecular flexibility index (Phi) is 7.88. The van der Waals surface area contributed by atoms with Crippen LogP contribution in [0.4, 0.5) is 5.69 Å². The average molecular weight is 474 g/mol. The molecular weight excluding hydrogens is 446 g/mol. The number of benzene rings is 2. The molecule has 2 aromatic rings. The Balaban J connectivity index is 0.00000149. The van der Waals surface area contributed by atoms with Gasteiger partial charge in [-0.25, -0.2) is 4.21 Å². The van der Waals surface area contributed by atoms with Crippen LogP contribution in [0.2, 0.25) is 0 Å². The first-order chi connectivity index (χ1) is 15.9. The molecule has 0 fully saturated rings. The molecule has 0 aliphatic carbocycles. The van der Waals surface area contributed by atoms with E-state index in [1.165, 1.54) is 11.0 Å². The summed E-state index contributed by atoms with van der Waals surface area (Å²) in [5.74, 6) is 1.26. The van der Waals surface area contributed by atoms with Gasteiger partial charge >= 0.3 is 0 Å². The van der Waals surface area contributed by atoms with E-state index in [9.17, 15) is 14.1 Å². The SMILES string of the molecule is CC.CN(C)C(=O)c1cccc(NC2=NS(=O)N=C2NCc2ccc3c(c2)OCCO3)c1O. The number of phenolic OH excluding ortho intramolecular Hbond substituents is 1. The maximum atomic E-state index is 12.2. The minimum absolute atomic E-state index is 0.137. The summed E-state index contributed by atoms with van der Waals surface area (Å²) in [6, 6.07) is 10.3. The van der Waals surface area contributed by atoms with Gasteiger partial charge in [-0.2, -0.15) is 0 Å². The van der Waals surface area contributed by atoms with Crippen molar-refractivity contribution in [2.24, 2.45) is 8.80 Å². The van der Waals surface area contributed by atoms with Gasteiger partial charge in [-0.3, -0.25) is 4.79 Å². The van der Waals surface area contributed by atoms with Crippen molar-refractivity contribution in [1.82, 2.24) is 10.2 Å². The predicted octanol–water partition coefficient (Wildman–Crippen LogP) is 2.48. The lowest BCUT2D eigenvalue weighted by atomic mass is 10.1. The van der Waals surface area contributed by atoms with E-state index in [0.717, 1.165) is 5.56 Å². The van der Waals surface area contributed by atoms with Gasteiger partial charge in [-0.15, -0.1) is 8.80 Å². The minimum atomic E-state index is -1.80. The molecule has 0 radical (unpaired) electrons. The fourth-order valence-corrected chi connectivity index (χ4v) is 3.67. The van der Waals surface area contributed by atoms with Crippen molar-refractivity contribution in [3.05, 3.63) is 47.5 Å². The van der Waals surface area contributed by atoms with Gasteiger partial charge in [0.1, 0.15) is 13.2 Å². The molecular formula is C22H27N5O5S. The zero-order valence-corrected chi connectivity index (χ0v) is 19.7. The van der Waals surface area contributed by atoms with Crippen LogP contribution < -0.4 is 20.1 Å². The number of nitrogens with zero attached hydrogens (tertiary/aromatic N) is 3. The van der Waals surface area contributed by atoms with Gasteiger partial charge in [0.15, 0.2) is 28.9 Å². The van der Waals surface area contributed by atoms with Crippen LogP contribution in [0.3, 0.4) is 0 Å². The number of anilines is 1. The van der Waals surface area contributed by atoms with Gasteiger partial charge in [0.05, 0.1) is 11.3 Å². The Morgan fingerprint density at radius 3 is 2.52 bits per heavy atom. The Hall–Kier alpha value is -3.60. The topological polar surface area (TPSA) is 125 Å². The Labute approximate surface area is 195 Å². The third-order valence-corrected chi connectivity index (χ3v) is 5.23. The highest BCUT2D eigenvalue weighted by Gasteiger charge is 2.22. The van der Waals surface area contributed by atoms with Crippen molar-refractivity contribution in [3.8, 4) is 17.2 Å². The van der Waals surface area contributed by atoms with Crippen molar-refractivity contribution in [3.63, 3.8) is 0 Å². The zero-order chi connectivity index (χ0) is 24.0. The van der Waals surface area contributed by atoms with Crippen LogP contribution in [0, 0.1) is 0 Å². The number of carbonyl (C=O) groups excluding carboxylic acids is 1. The van der Waals surface area contributed by atoms with Crippen molar-refractivity contribution in [2.75, 3.05) is 32.6 Å². The summed E-state index contributed by atoms with van der Waals surface area (Å²) < 4.78 is 30.9. The standard InChI is InChI=1S/C20H21N5O5S.C2H6/c1-25(2)20(27)13-4-3-5-14(17(13)26)22-19-18(23-31(28)24-19)21-11-12-6-7-15-16(10-12)30-9-8-29-15;1-2/h3-7,10,26H,8-9,11H2,1-2H3,(H,21,23)(H,22,24);1-2H3. The number of hydrogen-bond acceptors (Lipinski definition) is 7. The summed E-state index contributed by atoms with van der Waals surface area (Å²) in [5, 5.41) is 16.5. The van der Waals surface area contributed by atoms with E-state index < -0.39 is 11.2 Å². The number of fused-ring (bicyclic) bond motifs is 1. The number of aromatic hydroxyl groups is 1. The summed E-state index contributed by atoms with van der Waals surface area (Å²) in [7, 11) is 3.19. The normalized spacial score (nSPS) is 16.1. The van der Waals surface area contributed by atoms with Crippen LogP contribution in [0.1, 0.15) is 29.8 Å². The first-order valence-corrected chi connectivity index (χ1v) is 11.5. The van der Waals surface area contributed by atoms with Gasteiger partial charge in [0.2, 0.25) is 0 Å². The van der Waals surface area contributed by atoms with E-state index in [1.54, 1.807) is 26.2 Å². The molecule has 2 aliphatic rings. The van der Waals surface area contributed by atoms with E-state index in [-0.39, 0.29) is 34.6 Å². The Bertz CT molecular complexity index is 1120. The monoisotopic (exact) mass is 473 g/mol. The van der Waals surface area contributed by atoms with Crippen molar-refractivity contribution >= 4 is 34.4 Å². The number of ether oxygens (including phenoxy) is 2. The lowest BCUT2D eigenvalue weighted by molar-refractivity contribution is 0.0824. The third kappa shape index (κ3) is 5.61. The number of carbonyl (C=O) groups is 1. The highest BCUT2D eigenvalue weighted by atomic mass is 32.2. The molecule has 2 aromatic carbocycles. The molecule has 176 valence electrons. The quantitative estimate of drug-likeness (QED) is 0.583. The molecule has 33 heavy (non-hydrogen) atoms. The van der Waals surface area contributed by atoms with Crippen LogP contribution in [0.15, 0.2) is 45.2 Å². The number of para-hydroxylation sites is 1. The first-order valence-electron chi connectivity index (χ1n) is 10.4. The number of rotatable bonds is 4. The largest absolute Gasteiger partial charge is 0.505 e. The summed E-state index contributed by atoms with van der Waals surface area (Å²) in [5.41, 5.74) is 1.29. The molecule has 11 heteroatoms. The average Bonchev–Trinajstić information content (AvgIpc) is 3.18. The molecule has 1 unspecified atom stereocenters. The van der Waals surface area contributed by atoms with Crippen LogP contribution in [-0.4, -0.2) is 59.1 Å². The van der Waals surface area contributed by atoms with Crippen LogP contribution in [0.5, 0.6) is 17.2 Å². The van der Waals surface area contributed by atoms with Gasteiger partial charge in [-0.1, -0.05) is 26.0 Å². The molecule has 0 saturated heterocycles. The van der Waals surface area contributed by atoms with Crippen molar-refractivity contribution in [1.29, 1.82) is 0 Å². The third-order valence-electron chi connectivity index (χ3n) is 4.56. The molecule has 2 aliphatic heterocycles. The van der Waals surface area contributed by atoms with Crippen LogP contribution in [-0.2, 0) is 17.7 Å². The molecule has 0 aromatic heterocycles. The molecule has 10 nitrogen and oxygen atoms in total. The predicted molar refractivity (Wildman–Crippen MR) is 128 cm³/mol. The fourth-order valence-electron chi connectivity index (χ4n) is 3.03. The first kappa shape index (κ1) is 24.1. The molecule has 0 spiro atoms. The summed E-state index contributed by atoms with van der Waals surface area (Å²) in [6.45, 7) is 5.39. The second kappa shape index (κ2) is 10.8. The molecule has 4 rings (SSSR count). The van der Waals surface area contributed by atoms with Gasteiger partial charge in [0.25, 0.3) is 17.1 Å². The summed E-state index contributed by atoms with van der Waals surface area (Å²) in [6.07, 6.45) is 0. The minimum Gasteiger partial charge on any atom is -0.505 e. The zero-order valence-electron chi connectivity index (χ0n) is 18.9. The maximum Gasteiger partial charge on any atom is 0.269 e. The van der Waals surface area contributed by atoms with Gasteiger partial charge in [-0.05, 0) is 29.8 Å². The number of hydrogen-bond donors (Lipinski definition) is 3. The number of amides is 1. The molecule has 1 amide bonds. The lowest BCUT2D eigenvalue weighted by Crippen LogP contribution is -2.33. The number of nitrogens with one attached hydrogen (secondary N) is 2. The van der Waals surface area contributed by atoms with E-state index in [0.29, 0.717) is 31.3 Å². The summed E-state index contributed by atoms with van der Waals surface area (Å²) in [4.78, 5) is 13.6. The highest BCUT2D eigenvalue weighted by Crippen LogP contribution is 2.31. The van der Waals surface area contributed by atoms with E-state index in [2.05, 4.69) is 19.4 Å². The molecule has 1 atom stereocenters. The molecule has 0 saturated carbocycles. The van der Waals surface area contributed by atoms with Crippen LogP contribution >= 0.6 is 0 Å². The van der Waals surface area contributed by atoms with Gasteiger partial charge < -0.3 is 30.1 Å². The smallest absolute Gasteiger partial charge is 0.269 e. The second-order valence-corrected chi connectivity index (χ2v) is 7.79. The maximum absolute atomic E-state index is 12.2. The number of amidine groups is 2.